The van der Waals surface area contributed by atoms with Gasteiger partial charge in [0.15, 0.2) is 11.5 Å². The van der Waals surface area contributed by atoms with Crippen LogP contribution >= 0.6 is 15.9 Å². The van der Waals surface area contributed by atoms with Gasteiger partial charge in [0.05, 0.1) is 11.6 Å². The fourth-order valence-electron chi connectivity index (χ4n) is 1.99. The van der Waals surface area contributed by atoms with Gasteiger partial charge in [-0.15, -0.1) is 0 Å². The van der Waals surface area contributed by atoms with E-state index >= 15 is 0 Å². The third kappa shape index (κ3) is 1.58. The van der Waals surface area contributed by atoms with Crippen LogP contribution in [0.4, 0.5) is 4.39 Å². The summed E-state index contributed by atoms with van der Waals surface area (Å²) in [6.07, 6.45) is 2.64. The van der Waals surface area contributed by atoms with E-state index in [9.17, 15) is 9.50 Å². The van der Waals surface area contributed by atoms with Gasteiger partial charge in [-0.3, -0.25) is 0 Å². The molecule has 1 saturated carbocycles. The molecular formula is C11H13BrFNO2. The van der Waals surface area contributed by atoms with Crippen molar-refractivity contribution >= 4 is 15.9 Å². The highest BCUT2D eigenvalue weighted by molar-refractivity contribution is 9.10. The molecule has 0 saturated heterocycles. The molecule has 0 bridgehead atoms. The largest absolute Gasteiger partial charge is 0.504 e. The molecule has 0 amide bonds. The van der Waals surface area contributed by atoms with Crippen LogP contribution in [0.15, 0.2) is 10.5 Å². The smallest absolute Gasteiger partial charge is 0.208 e. The van der Waals surface area contributed by atoms with E-state index in [0.29, 0.717) is 10.0 Å². The summed E-state index contributed by atoms with van der Waals surface area (Å²) < 4.78 is 19.1. The van der Waals surface area contributed by atoms with Crippen LogP contribution in [0.2, 0.25) is 0 Å². The Morgan fingerprint density at radius 2 is 2.19 bits per heavy atom. The average molecular weight is 290 g/mol. The zero-order chi connectivity index (χ0) is 11.9. The monoisotopic (exact) mass is 289 g/mol. The molecule has 88 valence electrons. The number of benzene rings is 1. The van der Waals surface area contributed by atoms with Crippen LogP contribution in [0.1, 0.15) is 24.8 Å². The quantitative estimate of drug-likeness (QED) is 0.880. The summed E-state index contributed by atoms with van der Waals surface area (Å²) in [7, 11) is 1.37. The van der Waals surface area contributed by atoms with Gasteiger partial charge in [-0.2, -0.15) is 4.39 Å². The van der Waals surface area contributed by atoms with Crippen molar-refractivity contribution in [3.05, 3.63) is 21.9 Å². The Labute approximate surface area is 102 Å². The second-order valence-corrected chi connectivity index (χ2v) is 4.97. The van der Waals surface area contributed by atoms with Gasteiger partial charge in [0.25, 0.3) is 0 Å². The standard InChI is InChI=1S/C11H13BrFNO2/c1-16-10-6(11(14)3-2-4-11)5-7(12)9(15)8(10)13/h5,15H,2-4,14H2,1H3. The molecule has 3 nitrogen and oxygen atoms in total. The number of halogens is 2. The zero-order valence-corrected chi connectivity index (χ0v) is 10.5. The molecule has 1 fully saturated rings. The maximum Gasteiger partial charge on any atom is 0.208 e. The second-order valence-electron chi connectivity index (χ2n) is 4.11. The first kappa shape index (κ1) is 11.7. The summed E-state index contributed by atoms with van der Waals surface area (Å²) in [5.74, 6) is -1.16. The normalized spacial score (nSPS) is 18.0. The van der Waals surface area contributed by atoms with Gasteiger partial charge in [0, 0.05) is 11.1 Å². The number of nitrogens with two attached hydrogens (primary N) is 1. The van der Waals surface area contributed by atoms with Crippen LogP contribution in [0.5, 0.6) is 11.5 Å². The Morgan fingerprint density at radius 1 is 1.56 bits per heavy atom. The topological polar surface area (TPSA) is 55.5 Å². The van der Waals surface area contributed by atoms with Crippen LogP contribution in [0.3, 0.4) is 0 Å². The molecule has 0 atom stereocenters. The van der Waals surface area contributed by atoms with E-state index in [1.807, 2.05) is 0 Å². The average Bonchev–Trinajstić information content (AvgIpc) is 2.22. The van der Waals surface area contributed by atoms with Crippen LogP contribution < -0.4 is 10.5 Å². The second kappa shape index (κ2) is 3.89. The minimum atomic E-state index is -0.761. The van der Waals surface area contributed by atoms with Gasteiger partial charge in [-0.05, 0) is 41.3 Å². The van der Waals surface area contributed by atoms with Crippen molar-refractivity contribution in [2.75, 3.05) is 7.11 Å². The number of hydrogen-bond donors (Lipinski definition) is 2. The molecule has 1 aromatic rings. The molecule has 0 spiro atoms. The number of phenols is 1. The van der Waals surface area contributed by atoms with Crippen molar-refractivity contribution in [1.82, 2.24) is 0 Å². The molecule has 3 N–H and O–H groups in total. The van der Waals surface area contributed by atoms with Crippen molar-refractivity contribution in [3.8, 4) is 11.5 Å². The Morgan fingerprint density at radius 3 is 2.62 bits per heavy atom. The summed E-state index contributed by atoms with van der Waals surface area (Å²) >= 11 is 3.10. The first-order chi connectivity index (χ1) is 7.49. The predicted octanol–water partition coefficient (Wildman–Crippen LogP) is 2.64. The van der Waals surface area contributed by atoms with Crippen LogP contribution in [0, 0.1) is 5.82 Å². The summed E-state index contributed by atoms with van der Waals surface area (Å²) in [4.78, 5) is 0. The predicted molar refractivity (Wildman–Crippen MR) is 62.0 cm³/mol. The number of rotatable bonds is 2. The van der Waals surface area contributed by atoms with E-state index in [2.05, 4.69) is 15.9 Å². The summed E-state index contributed by atoms with van der Waals surface area (Å²) in [6.45, 7) is 0. The molecule has 16 heavy (non-hydrogen) atoms. The number of hydrogen-bond acceptors (Lipinski definition) is 3. The zero-order valence-electron chi connectivity index (χ0n) is 8.89. The summed E-state index contributed by atoms with van der Waals surface area (Å²) in [5.41, 5.74) is 6.23. The van der Waals surface area contributed by atoms with Gasteiger partial charge in [0.2, 0.25) is 5.82 Å². The Hall–Kier alpha value is -0.810. The van der Waals surface area contributed by atoms with Crippen molar-refractivity contribution in [3.63, 3.8) is 0 Å². The third-order valence-electron chi connectivity index (χ3n) is 3.14. The van der Waals surface area contributed by atoms with Crippen molar-refractivity contribution in [2.45, 2.75) is 24.8 Å². The van der Waals surface area contributed by atoms with Crippen molar-refractivity contribution in [2.24, 2.45) is 5.73 Å². The highest BCUT2D eigenvalue weighted by Gasteiger charge is 2.38. The number of aromatic hydroxyl groups is 1. The Kier molecular flexibility index (Phi) is 2.84. The van der Waals surface area contributed by atoms with E-state index in [1.165, 1.54) is 7.11 Å². The fourth-order valence-corrected chi connectivity index (χ4v) is 2.39. The van der Waals surface area contributed by atoms with Crippen LogP contribution in [-0.2, 0) is 5.54 Å². The molecule has 1 aliphatic rings. The molecule has 0 heterocycles. The van der Waals surface area contributed by atoms with Gasteiger partial charge in [-0.1, -0.05) is 0 Å². The molecule has 1 aromatic carbocycles. The molecule has 0 radical (unpaired) electrons. The van der Waals surface area contributed by atoms with Gasteiger partial charge < -0.3 is 15.6 Å². The molecule has 5 heteroatoms. The minimum Gasteiger partial charge on any atom is -0.504 e. The lowest BCUT2D eigenvalue weighted by Gasteiger charge is -2.39. The fraction of sp³-hybridized carbons (Fsp3) is 0.455. The van der Waals surface area contributed by atoms with E-state index < -0.39 is 17.1 Å². The molecule has 1 aliphatic carbocycles. The lowest BCUT2D eigenvalue weighted by atomic mass is 9.72. The van der Waals surface area contributed by atoms with Gasteiger partial charge in [-0.25, -0.2) is 0 Å². The van der Waals surface area contributed by atoms with E-state index in [-0.39, 0.29) is 5.75 Å². The highest BCUT2D eigenvalue weighted by Crippen LogP contribution is 2.47. The highest BCUT2D eigenvalue weighted by atomic mass is 79.9. The maximum atomic E-state index is 13.8. The Bertz CT molecular complexity index is 432. The lowest BCUT2D eigenvalue weighted by molar-refractivity contribution is 0.239. The van der Waals surface area contributed by atoms with Crippen molar-refractivity contribution < 1.29 is 14.2 Å². The van der Waals surface area contributed by atoms with Gasteiger partial charge in [0.1, 0.15) is 0 Å². The molecule has 0 aliphatic heterocycles. The molecular weight excluding hydrogens is 277 g/mol. The Balaban J connectivity index is 2.60. The first-order valence-electron chi connectivity index (χ1n) is 5.04. The third-order valence-corrected chi connectivity index (χ3v) is 3.74. The number of ether oxygens (including phenoxy) is 1. The summed E-state index contributed by atoms with van der Waals surface area (Å²) in [6, 6.07) is 1.64. The molecule has 2 rings (SSSR count). The molecule has 0 aromatic heterocycles. The van der Waals surface area contributed by atoms with Gasteiger partial charge >= 0.3 is 0 Å². The number of phenolic OH excluding ortho intramolecular Hbond substituents is 1. The summed E-state index contributed by atoms with van der Waals surface area (Å²) in [5, 5.41) is 9.46. The first-order valence-corrected chi connectivity index (χ1v) is 5.83. The van der Waals surface area contributed by atoms with E-state index in [0.717, 1.165) is 19.3 Å². The van der Waals surface area contributed by atoms with E-state index in [4.69, 9.17) is 10.5 Å². The maximum absolute atomic E-state index is 13.8. The molecule has 0 unspecified atom stereocenters. The van der Waals surface area contributed by atoms with Crippen LogP contribution in [0.25, 0.3) is 0 Å². The van der Waals surface area contributed by atoms with Crippen LogP contribution in [-0.4, -0.2) is 12.2 Å². The van der Waals surface area contributed by atoms with E-state index in [1.54, 1.807) is 6.07 Å². The number of methoxy groups -OCH3 is 1. The minimum absolute atomic E-state index is 0.0444. The van der Waals surface area contributed by atoms with Crippen molar-refractivity contribution in [1.29, 1.82) is 0 Å². The lowest BCUT2D eigenvalue weighted by Crippen LogP contribution is -2.43. The SMILES string of the molecule is COc1c(C2(N)CCC2)cc(Br)c(O)c1F.